The van der Waals surface area contributed by atoms with Gasteiger partial charge in [-0.25, -0.2) is 0 Å². The summed E-state index contributed by atoms with van der Waals surface area (Å²) in [7, 11) is 1.52. The Bertz CT molecular complexity index is 468. The molecule has 1 rings (SSSR count). The summed E-state index contributed by atoms with van der Waals surface area (Å²) < 4.78 is 15.3. The third-order valence-electron chi connectivity index (χ3n) is 3.12. The number of rotatable bonds is 8. The molecule has 0 aromatic heterocycles. The van der Waals surface area contributed by atoms with Crippen LogP contribution in [0.15, 0.2) is 24.3 Å². The monoisotopic (exact) mass is 328 g/mol. The van der Waals surface area contributed by atoms with Crippen molar-refractivity contribution in [3.8, 4) is 0 Å². The van der Waals surface area contributed by atoms with Gasteiger partial charge in [-0.3, -0.25) is 9.59 Å². The maximum atomic E-state index is 12.0. The van der Waals surface area contributed by atoms with Crippen LogP contribution in [0.1, 0.15) is 31.9 Å². The van der Waals surface area contributed by atoms with E-state index in [9.17, 15) is 9.59 Å². The molecule has 0 saturated carbocycles. The van der Waals surface area contributed by atoms with E-state index in [-0.39, 0.29) is 19.6 Å². The predicted molar refractivity (Wildman–Crippen MR) is 82.6 cm³/mol. The van der Waals surface area contributed by atoms with Crippen molar-refractivity contribution >= 4 is 23.5 Å². The van der Waals surface area contributed by atoms with Gasteiger partial charge in [0, 0.05) is 18.6 Å². The minimum atomic E-state index is -1.01. The van der Waals surface area contributed by atoms with E-state index in [2.05, 4.69) is 0 Å². The number of benzene rings is 1. The number of ether oxygens (including phenoxy) is 3. The minimum Gasteiger partial charge on any atom is -0.465 e. The molecule has 0 aliphatic carbocycles. The van der Waals surface area contributed by atoms with E-state index >= 15 is 0 Å². The lowest BCUT2D eigenvalue weighted by Gasteiger charge is -2.21. The molecule has 0 bridgehead atoms. The first-order valence-corrected chi connectivity index (χ1v) is 7.52. The Morgan fingerprint density at radius 3 is 1.95 bits per heavy atom. The smallest absolute Gasteiger partial charge is 0.320 e. The summed E-state index contributed by atoms with van der Waals surface area (Å²) in [4.78, 5) is 24.0. The summed E-state index contributed by atoms with van der Waals surface area (Å²) >= 11 is 5.86. The molecule has 22 heavy (non-hydrogen) atoms. The highest BCUT2D eigenvalue weighted by Gasteiger charge is 2.33. The van der Waals surface area contributed by atoms with Gasteiger partial charge in [0.2, 0.25) is 0 Å². The van der Waals surface area contributed by atoms with Gasteiger partial charge < -0.3 is 14.2 Å². The van der Waals surface area contributed by atoms with Crippen molar-refractivity contribution in [1.29, 1.82) is 0 Å². The van der Waals surface area contributed by atoms with Gasteiger partial charge >= 0.3 is 11.9 Å². The number of esters is 2. The van der Waals surface area contributed by atoms with Crippen LogP contribution in [0.4, 0.5) is 0 Å². The second-order valence-corrected chi connectivity index (χ2v) is 5.00. The highest BCUT2D eigenvalue weighted by molar-refractivity contribution is 6.30. The number of methoxy groups -OCH3 is 1. The zero-order valence-corrected chi connectivity index (χ0v) is 13.8. The summed E-state index contributed by atoms with van der Waals surface area (Å²) in [5.74, 6) is -2.21. The van der Waals surface area contributed by atoms with Gasteiger partial charge in [-0.2, -0.15) is 0 Å². The van der Waals surface area contributed by atoms with E-state index in [4.69, 9.17) is 25.8 Å². The highest BCUT2D eigenvalue weighted by atomic mass is 35.5. The molecule has 1 unspecified atom stereocenters. The van der Waals surface area contributed by atoms with Gasteiger partial charge in [0.1, 0.15) is 0 Å². The molecule has 5 nitrogen and oxygen atoms in total. The summed E-state index contributed by atoms with van der Waals surface area (Å²) in [6.45, 7) is 3.78. The van der Waals surface area contributed by atoms with E-state index in [0.717, 1.165) is 5.56 Å². The lowest BCUT2D eigenvalue weighted by atomic mass is 9.96. The molecule has 0 spiro atoms. The fraction of sp³-hybridized carbons (Fsp3) is 0.500. The predicted octanol–water partition coefficient (Wildman–Crippen LogP) is 3.16. The molecule has 122 valence electrons. The Labute approximate surface area is 135 Å². The summed E-state index contributed by atoms with van der Waals surface area (Å²) in [5, 5.41) is 0.603. The van der Waals surface area contributed by atoms with Crippen molar-refractivity contribution in [2.45, 2.75) is 26.4 Å². The van der Waals surface area contributed by atoms with Gasteiger partial charge in [0.05, 0.1) is 19.3 Å². The molecule has 0 aliphatic heterocycles. The molecule has 1 atom stereocenters. The van der Waals surface area contributed by atoms with Crippen molar-refractivity contribution in [2.75, 3.05) is 20.3 Å². The number of carbonyl (C=O) groups is 2. The van der Waals surface area contributed by atoms with Gasteiger partial charge in [-0.15, -0.1) is 0 Å². The molecule has 0 heterocycles. The van der Waals surface area contributed by atoms with Crippen LogP contribution in [0, 0.1) is 5.92 Å². The van der Waals surface area contributed by atoms with E-state index in [1.807, 2.05) is 0 Å². The van der Waals surface area contributed by atoms with Crippen LogP contribution in [0.3, 0.4) is 0 Å². The highest BCUT2D eigenvalue weighted by Crippen LogP contribution is 2.27. The third-order valence-corrected chi connectivity index (χ3v) is 3.37. The summed E-state index contributed by atoms with van der Waals surface area (Å²) in [5.41, 5.74) is 0.825. The van der Waals surface area contributed by atoms with Crippen LogP contribution < -0.4 is 0 Å². The molecule has 6 heteroatoms. The van der Waals surface area contributed by atoms with Crippen molar-refractivity contribution in [3.05, 3.63) is 34.9 Å². The second-order valence-electron chi connectivity index (χ2n) is 4.57. The largest absolute Gasteiger partial charge is 0.465 e. The lowest BCUT2D eigenvalue weighted by Crippen LogP contribution is -2.30. The minimum absolute atomic E-state index is 0.149. The number of hydrogen-bond donors (Lipinski definition) is 0. The molecule has 0 N–H and O–H groups in total. The molecule has 1 aromatic carbocycles. The first-order valence-electron chi connectivity index (χ1n) is 7.14. The maximum Gasteiger partial charge on any atom is 0.320 e. The Hall–Kier alpha value is -1.59. The first kappa shape index (κ1) is 18.5. The number of halogens is 1. The van der Waals surface area contributed by atoms with Gasteiger partial charge in [-0.1, -0.05) is 23.7 Å². The van der Waals surface area contributed by atoms with Gasteiger partial charge in [0.15, 0.2) is 5.92 Å². The Kier molecular flexibility index (Phi) is 7.91. The molecule has 0 amide bonds. The topological polar surface area (TPSA) is 61.8 Å². The van der Waals surface area contributed by atoms with Gasteiger partial charge in [-0.05, 0) is 31.5 Å². The molecule has 1 aromatic rings. The fourth-order valence-electron chi connectivity index (χ4n) is 2.03. The zero-order chi connectivity index (χ0) is 16.5. The van der Waals surface area contributed by atoms with Crippen LogP contribution in [0.5, 0.6) is 0 Å². The second kappa shape index (κ2) is 9.43. The fourth-order valence-corrected chi connectivity index (χ4v) is 2.16. The van der Waals surface area contributed by atoms with E-state index in [1.54, 1.807) is 38.1 Å². The Balaban J connectivity index is 2.91. The van der Waals surface area contributed by atoms with Crippen LogP contribution >= 0.6 is 11.6 Å². The third kappa shape index (κ3) is 5.31. The standard InChI is InChI=1S/C16H21ClO5/c1-4-21-15(18)13(16(19)22-5-2)10-14(20-3)11-6-8-12(17)9-7-11/h6-9,13-14H,4-5,10H2,1-3H3. The quantitative estimate of drug-likeness (QED) is 0.542. The first-order chi connectivity index (χ1) is 10.5. The summed E-state index contributed by atoms with van der Waals surface area (Å²) in [6.07, 6.45) is -0.286. The SMILES string of the molecule is CCOC(=O)C(CC(OC)c1ccc(Cl)cc1)C(=O)OCC. The average molecular weight is 329 g/mol. The zero-order valence-electron chi connectivity index (χ0n) is 13.0. The molecular formula is C16H21ClO5. The maximum absolute atomic E-state index is 12.0. The van der Waals surface area contributed by atoms with E-state index in [1.165, 1.54) is 7.11 Å². The van der Waals surface area contributed by atoms with Crippen LogP contribution in [0.2, 0.25) is 5.02 Å². The van der Waals surface area contributed by atoms with Gasteiger partial charge in [0.25, 0.3) is 0 Å². The molecule has 0 saturated heterocycles. The van der Waals surface area contributed by atoms with Crippen LogP contribution in [0.25, 0.3) is 0 Å². The van der Waals surface area contributed by atoms with Crippen molar-refractivity contribution in [3.63, 3.8) is 0 Å². The molecular weight excluding hydrogens is 308 g/mol. The molecule has 0 aliphatic rings. The van der Waals surface area contributed by atoms with E-state index in [0.29, 0.717) is 5.02 Å². The van der Waals surface area contributed by atoms with Crippen LogP contribution in [-0.2, 0) is 23.8 Å². The Morgan fingerprint density at radius 1 is 1.05 bits per heavy atom. The summed E-state index contributed by atoms with van der Waals surface area (Å²) in [6, 6.07) is 7.05. The molecule has 0 radical (unpaired) electrons. The number of carbonyl (C=O) groups excluding carboxylic acids is 2. The van der Waals surface area contributed by atoms with Crippen LogP contribution in [-0.4, -0.2) is 32.3 Å². The van der Waals surface area contributed by atoms with Crippen molar-refractivity contribution in [1.82, 2.24) is 0 Å². The normalized spacial score (nSPS) is 12.0. The van der Waals surface area contributed by atoms with Crippen molar-refractivity contribution in [2.24, 2.45) is 5.92 Å². The van der Waals surface area contributed by atoms with Crippen molar-refractivity contribution < 1.29 is 23.8 Å². The number of hydrogen-bond acceptors (Lipinski definition) is 5. The molecule has 0 fully saturated rings. The average Bonchev–Trinajstić information content (AvgIpc) is 2.50. The lowest BCUT2D eigenvalue weighted by molar-refractivity contribution is -0.163. The Morgan fingerprint density at radius 2 is 1.55 bits per heavy atom. The van der Waals surface area contributed by atoms with E-state index < -0.39 is 24.0 Å².